The zero-order valence-electron chi connectivity index (χ0n) is 9.45. The molecule has 92 valence electrons. The van der Waals surface area contributed by atoms with E-state index in [2.05, 4.69) is 0 Å². The molecule has 1 heterocycles. The van der Waals surface area contributed by atoms with E-state index in [1.807, 2.05) is 6.26 Å². The Morgan fingerprint density at radius 1 is 1.41 bits per heavy atom. The Balaban J connectivity index is 2.12. The van der Waals surface area contributed by atoms with Crippen molar-refractivity contribution in [2.45, 2.75) is 11.7 Å². The summed E-state index contributed by atoms with van der Waals surface area (Å²) in [6.07, 6.45) is 2.97. The van der Waals surface area contributed by atoms with E-state index in [1.165, 1.54) is 6.07 Å². The first kappa shape index (κ1) is 12.4. The number of carbonyl (C=O) groups excluding carboxylic acids is 1. The van der Waals surface area contributed by atoms with Crippen LogP contribution in [0, 0.1) is 11.6 Å². The molecule has 0 unspecified atom stereocenters. The van der Waals surface area contributed by atoms with Gasteiger partial charge in [0.25, 0.3) is 5.91 Å². The Kier molecular flexibility index (Phi) is 3.66. The summed E-state index contributed by atoms with van der Waals surface area (Å²) in [6, 6.07) is 3.28. The second-order valence-electron chi connectivity index (χ2n) is 4.03. The largest absolute Gasteiger partial charge is 0.337 e. The van der Waals surface area contributed by atoms with Gasteiger partial charge in [0.05, 0.1) is 0 Å². The number of likely N-dealkylation sites (tertiary alicyclic amines) is 1. The van der Waals surface area contributed by atoms with Crippen molar-refractivity contribution in [3.05, 3.63) is 35.4 Å². The van der Waals surface area contributed by atoms with Crippen molar-refractivity contribution in [3.63, 3.8) is 0 Å². The summed E-state index contributed by atoms with van der Waals surface area (Å²) < 4.78 is 25.8. The van der Waals surface area contributed by atoms with E-state index in [0.717, 1.165) is 18.6 Å². The third-order valence-corrected chi connectivity index (χ3v) is 3.98. The van der Waals surface area contributed by atoms with Crippen molar-refractivity contribution in [1.82, 2.24) is 4.90 Å². The molecular weight excluding hydrogens is 244 g/mol. The van der Waals surface area contributed by atoms with Crippen LogP contribution in [0.1, 0.15) is 16.8 Å². The number of halogens is 2. The molecule has 1 fully saturated rings. The van der Waals surface area contributed by atoms with Gasteiger partial charge >= 0.3 is 0 Å². The third-order valence-electron chi connectivity index (χ3n) is 2.93. The summed E-state index contributed by atoms with van der Waals surface area (Å²) in [5.74, 6) is -2.12. The first-order chi connectivity index (χ1) is 8.11. The molecule has 2 nitrogen and oxygen atoms in total. The fraction of sp³-hybridized carbons (Fsp3) is 0.417. The molecule has 1 amide bonds. The lowest BCUT2D eigenvalue weighted by Crippen LogP contribution is -2.29. The molecule has 1 aliphatic rings. The van der Waals surface area contributed by atoms with Gasteiger partial charge in [0.15, 0.2) is 11.6 Å². The minimum absolute atomic E-state index is 0.214. The molecule has 0 aliphatic carbocycles. The van der Waals surface area contributed by atoms with Crippen LogP contribution < -0.4 is 0 Å². The highest BCUT2D eigenvalue weighted by Gasteiger charge is 2.26. The molecule has 1 aliphatic heterocycles. The third kappa shape index (κ3) is 2.60. The highest BCUT2D eigenvalue weighted by molar-refractivity contribution is 7.99. The average molecular weight is 257 g/mol. The SMILES string of the molecule is CS[C@@H]1CCN(C(=O)c2ccc(F)c(F)c2)C1. The van der Waals surface area contributed by atoms with E-state index >= 15 is 0 Å². The van der Waals surface area contributed by atoms with Crippen LogP contribution in [0.25, 0.3) is 0 Å². The molecule has 0 radical (unpaired) electrons. The Labute approximate surface area is 103 Å². The van der Waals surface area contributed by atoms with Crippen LogP contribution in [0.4, 0.5) is 8.78 Å². The van der Waals surface area contributed by atoms with Crippen molar-refractivity contribution >= 4 is 17.7 Å². The Hall–Kier alpha value is -1.10. The maximum atomic E-state index is 13.0. The molecule has 1 aromatic carbocycles. The highest BCUT2D eigenvalue weighted by atomic mass is 32.2. The Bertz CT molecular complexity index is 439. The van der Waals surface area contributed by atoms with E-state index in [0.29, 0.717) is 18.3 Å². The van der Waals surface area contributed by atoms with Gasteiger partial charge in [-0.2, -0.15) is 11.8 Å². The maximum Gasteiger partial charge on any atom is 0.253 e. The fourth-order valence-corrected chi connectivity index (χ4v) is 2.59. The topological polar surface area (TPSA) is 20.3 Å². The zero-order valence-corrected chi connectivity index (χ0v) is 10.3. The van der Waals surface area contributed by atoms with Crippen LogP contribution in [0.15, 0.2) is 18.2 Å². The van der Waals surface area contributed by atoms with Crippen LogP contribution in [0.3, 0.4) is 0 Å². The average Bonchev–Trinajstić information content (AvgIpc) is 2.80. The van der Waals surface area contributed by atoms with Gasteiger partial charge in [-0.05, 0) is 30.9 Å². The van der Waals surface area contributed by atoms with Crippen molar-refractivity contribution < 1.29 is 13.6 Å². The number of hydrogen-bond donors (Lipinski definition) is 0. The van der Waals surface area contributed by atoms with Crippen molar-refractivity contribution in [2.24, 2.45) is 0 Å². The van der Waals surface area contributed by atoms with Gasteiger partial charge in [-0.15, -0.1) is 0 Å². The molecular formula is C12H13F2NOS. The van der Waals surface area contributed by atoms with Crippen molar-refractivity contribution in [1.29, 1.82) is 0 Å². The summed E-state index contributed by atoms with van der Waals surface area (Å²) >= 11 is 1.73. The summed E-state index contributed by atoms with van der Waals surface area (Å²) in [5.41, 5.74) is 0.214. The number of carbonyl (C=O) groups is 1. The van der Waals surface area contributed by atoms with Crippen LogP contribution in [-0.4, -0.2) is 35.4 Å². The van der Waals surface area contributed by atoms with E-state index in [-0.39, 0.29) is 11.5 Å². The number of benzene rings is 1. The molecule has 17 heavy (non-hydrogen) atoms. The van der Waals surface area contributed by atoms with Crippen LogP contribution in [0.2, 0.25) is 0 Å². The second-order valence-corrected chi connectivity index (χ2v) is 5.16. The minimum Gasteiger partial charge on any atom is -0.337 e. The monoisotopic (exact) mass is 257 g/mol. The number of nitrogens with zero attached hydrogens (tertiary/aromatic N) is 1. The fourth-order valence-electron chi connectivity index (χ4n) is 1.92. The lowest BCUT2D eigenvalue weighted by molar-refractivity contribution is 0.0792. The lowest BCUT2D eigenvalue weighted by Gasteiger charge is -2.16. The maximum absolute atomic E-state index is 13.0. The summed E-state index contributed by atoms with van der Waals surface area (Å²) in [6.45, 7) is 1.36. The van der Waals surface area contributed by atoms with Crippen LogP contribution in [0.5, 0.6) is 0 Å². The summed E-state index contributed by atoms with van der Waals surface area (Å²) in [7, 11) is 0. The Morgan fingerprint density at radius 2 is 2.18 bits per heavy atom. The highest BCUT2D eigenvalue weighted by Crippen LogP contribution is 2.22. The molecule has 2 rings (SSSR count). The second kappa shape index (κ2) is 5.04. The molecule has 0 bridgehead atoms. The van der Waals surface area contributed by atoms with Crippen LogP contribution in [-0.2, 0) is 0 Å². The number of hydrogen-bond acceptors (Lipinski definition) is 2. The predicted octanol–water partition coefficient (Wildman–Crippen LogP) is 2.54. The van der Waals surface area contributed by atoms with Gasteiger partial charge in [0.2, 0.25) is 0 Å². The van der Waals surface area contributed by atoms with Crippen molar-refractivity contribution in [2.75, 3.05) is 19.3 Å². The number of amides is 1. The number of thioether (sulfide) groups is 1. The van der Waals surface area contributed by atoms with E-state index in [9.17, 15) is 13.6 Å². The van der Waals surface area contributed by atoms with Crippen LogP contribution >= 0.6 is 11.8 Å². The van der Waals surface area contributed by atoms with E-state index < -0.39 is 11.6 Å². The predicted molar refractivity (Wildman–Crippen MR) is 64.2 cm³/mol. The van der Waals surface area contributed by atoms with Gasteiger partial charge < -0.3 is 4.90 Å². The molecule has 0 saturated carbocycles. The summed E-state index contributed by atoms with van der Waals surface area (Å²) in [4.78, 5) is 13.7. The summed E-state index contributed by atoms with van der Waals surface area (Å²) in [5, 5.41) is 0.448. The first-order valence-electron chi connectivity index (χ1n) is 5.39. The van der Waals surface area contributed by atoms with Crippen molar-refractivity contribution in [3.8, 4) is 0 Å². The minimum atomic E-state index is -0.975. The van der Waals surface area contributed by atoms with Gasteiger partial charge in [-0.25, -0.2) is 8.78 Å². The molecule has 0 aromatic heterocycles. The standard InChI is InChI=1S/C12H13F2NOS/c1-17-9-4-5-15(7-9)12(16)8-2-3-10(13)11(14)6-8/h2-3,6,9H,4-5,7H2,1H3/t9-/m1/s1. The molecule has 5 heteroatoms. The van der Waals surface area contributed by atoms with Gasteiger partial charge in [-0.3, -0.25) is 4.79 Å². The lowest BCUT2D eigenvalue weighted by atomic mass is 10.2. The van der Waals surface area contributed by atoms with Gasteiger partial charge in [-0.1, -0.05) is 0 Å². The van der Waals surface area contributed by atoms with Gasteiger partial charge in [0, 0.05) is 23.9 Å². The zero-order chi connectivity index (χ0) is 12.4. The number of rotatable bonds is 2. The Morgan fingerprint density at radius 3 is 2.76 bits per heavy atom. The van der Waals surface area contributed by atoms with Gasteiger partial charge in [0.1, 0.15) is 0 Å². The molecule has 0 spiro atoms. The smallest absolute Gasteiger partial charge is 0.253 e. The van der Waals surface area contributed by atoms with E-state index in [1.54, 1.807) is 16.7 Å². The molecule has 1 saturated heterocycles. The first-order valence-corrected chi connectivity index (χ1v) is 6.67. The molecule has 0 N–H and O–H groups in total. The molecule has 1 atom stereocenters. The quantitative estimate of drug-likeness (QED) is 0.811. The molecule has 1 aromatic rings. The van der Waals surface area contributed by atoms with E-state index in [4.69, 9.17) is 0 Å². The normalized spacial score (nSPS) is 19.7.